The third kappa shape index (κ3) is 3.21. The van der Waals surface area contributed by atoms with E-state index in [0.717, 1.165) is 23.1 Å². The summed E-state index contributed by atoms with van der Waals surface area (Å²) in [5.74, 6) is -0.198. The molecule has 19 heavy (non-hydrogen) atoms. The number of halogens is 1. The Hall–Kier alpha value is -1.67. The summed E-state index contributed by atoms with van der Waals surface area (Å²) in [5, 5.41) is 0. The zero-order chi connectivity index (χ0) is 13.8. The highest BCUT2D eigenvalue weighted by Crippen LogP contribution is 2.22. The zero-order valence-corrected chi connectivity index (χ0v) is 11.5. The van der Waals surface area contributed by atoms with E-state index >= 15 is 0 Å². The van der Waals surface area contributed by atoms with Gasteiger partial charge in [-0.3, -0.25) is 0 Å². The Morgan fingerprint density at radius 3 is 2.58 bits per heavy atom. The molecule has 0 bridgehead atoms. The second-order valence-corrected chi connectivity index (χ2v) is 4.93. The average Bonchev–Trinajstić information content (AvgIpc) is 2.42. The summed E-state index contributed by atoms with van der Waals surface area (Å²) in [7, 11) is 0. The third-order valence-corrected chi connectivity index (χ3v) is 3.59. The maximum absolute atomic E-state index is 13.3. The first kappa shape index (κ1) is 13.8. The topological polar surface area (TPSA) is 26.0 Å². The fraction of sp³-hybridized carbons (Fsp3) is 0.294. The standard InChI is InChI=1S/C17H20FN/c1-3-13-6-4-5-7-16(13)17(19)11-14-10-15(18)9-8-12(14)2/h4-10,17H,3,11,19H2,1-2H3. The number of aryl methyl sites for hydroxylation is 2. The molecular formula is C17H20FN. The molecule has 2 aromatic rings. The van der Waals surface area contributed by atoms with Crippen LogP contribution in [0.1, 0.15) is 35.2 Å². The minimum atomic E-state index is -0.198. The average molecular weight is 257 g/mol. The van der Waals surface area contributed by atoms with E-state index in [4.69, 9.17) is 5.73 Å². The number of rotatable bonds is 4. The fourth-order valence-corrected chi connectivity index (χ4v) is 2.42. The monoisotopic (exact) mass is 257 g/mol. The summed E-state index contributed by atoms with van der Waals surface area (Å²) in [6.07, 6.45) is 1.63. The molecule has 0 heterocycles. The first-order valence-corrected chi connectivity index (χ1v) is 6.70. The Morgan fingerprint density at radius 2 is 1.84 bits per heavy atom. The lowest BCUT2D eigenvalue weighted by atomic mass is 9.93. The lowest BCUT2D eigenvalue weighted by Gasteiger charge is -2.17. The lowest BCUT2D eigenvalue weighted by Crippen LogP contribution is -2.16. The van der Waals surface area contributed by atoms with Gasteiger partial charge in [0.2, 0.25) is 0 Å². The molecule has 0 aliphatic heterocycles. The summed E-state index contributed by atoms with van der Waals surface area (Å²) in [6, 6.07) is 13.0. The summed E-state index contributed by atoms with van der Waals surface area (Å²) in [4.78, 5) is 0. The van der Waals surface area contributed by atoms with E-state index in [1.54, 1.807) is 6.07 Å². The van der Waals surface area contributed by atoms with Crippen molar-refractivity contribution in [1.29, 1.82) is 0 Å². The Morgan fingerprint density at radius 1 is 1.11 bits per heavy atom. The number of nitrogens with two attached hydrogens (primary N) is 1. The van der Waals surface area contributed by atoms with Crippen LogP contribution in [0.5, 0.6) is 0 Å². The number of hydrogen-bond acceptors (Lipinski definition) is 1. The van der Waals surface area contributed by atoms with E-state index in [1.807, 2.05) is 25.1 Å². The Kier molecular flexibility index (Phi) is 4.33. The molecule has 0 spiro atoms. The van der Waals surface area contributed by atoms with Crippen LogP contribution >= 0.6 is 0 Å². The van der Waals surface area contributed by atoms with Gasteiger partial charge in [-0.1, -0.05) is 37.3 Å². The molecule has 0 fully saturated rings. The molecular weight excluding hydrogens is 237 g/mol. The van der Waals surface area contributed by atoms with Gasteiger partial charge >= 0.3 is 0 Å². The maximum Gasteiger partial charge on any atom is 0.123 e. The summed E-state index contributed by atoms with van der Waals surface area (Å²) < 4.78 is 13.3. The summed E-state index contributed by atoms with van der Waals surface area (Å²) in [6.45, 7) is 4.12. The molecule has 100 valence electrons. The molecule has 1 unspecified atom stereocenters. The smallest absolute Gasteiger partial charge is 0.123 e. The van der Waals surface area contributed by atoms with E-state index in [0.29, 0.717) is 6.42 Å². The molecule has 0 aromatic heterocycles. The summed E-state index contributed by atoms with van der Waals surface area (Å²) in [5.41, 5.74) is 10.8. The highest BCUT2D eigenvalue weighted by Gasteiger charge is 2.12. The minimum absolute atomic E-state index is 0.0864. The van der Waals surface area contributed by atoms with Gasteiger partial charge in [-0.05, 0) is 54.2 Å². The van der Waals surface area contributed by atoms with Crippen LogP contribution in [0.4, 0.5) is 4.39 Å². The van der Waals surface area contributed by atoms with Gasteiger partial charge in [0, 0.05) is 6.04 Å². The van der Waals surface area contributed by atoms with Crippen LogP contribution < -0.4 is 5.73 Å². The molecule has 0 aliphatic carbocycles. The quantitative estimate of drug-likeness (QED) is 0.882. The van der Waals surface area contributed by atoms with Gasteiger partial charge in [0.25, 0.3) is 0 Å². The Labute approximate surface area is 114 Å². The molecule has 2 aromatic carbocycles. The molecule has 0 amide bonds. The van der Waals surface area contributed by atoms with Crippen LogP contribution in [0, 0.1) is 12.7 Å². The SMILES string of the molecule is CCc1ccccc1C(N)Cc1cc(F)ccc1C. The van der Waals surface area contributed by atoms with Gasteiger partial charge in [0.1, 0.15) is 5.82 Å². The first-order valence-electron chi connectivity index (χ1n) is 6.70. The Balaban J connectivity index is 2.25. The van der Waals surface area contributed by atoms with Crippen molar-refractivity contribution >= 4 is 0 Å². The van der Waals surface area contributed by atoms with Crippen LogP contribution in [0.15, 0.2) is 42.5 Å². The minimum Gasteiger partial charge on any atom is -0.324 e. The highest BCUT2D eigenvalue weighted by molar-refractivity contribution is 5.33. The van der Waals surface area contributed by atoms with Gasteiger partial charge in [0.05, 0.1) is 0 Å². The van der Waals surface area contributed by atoms with Crippen molar-refractivity contribution in [3.63, 3.8) is 0 Å². The van der Waals surface area contributed by atoms with Gasteiger partial charge < -0.3 is 5.73 Å². The molecule has 2 N–H and O–H groups in total. The number of hydrogen-bond donors (Lipinski definition) is 1. The van der Waals surface area contributed by atoms with E-state index in [9.17, 15) is 4.39 Å². The van der Waals surface area contributed by atoms with E-state index < -0.39 is 0 Å². The van der Waals surface area contributed by atoms with Crippen LogP contribution in [0.3, 0.4) is 0 Å². The summed E-state index contributed by atoms with van der Waals surface area (Å²) >= 11 is 0. The van der Waals surface area contributed by atoms with Crippen molar-refractivity contribution in [2.75, 3.05) is 0 Å². The maximum atomic E-state index is 13.3. The van der Waals surface area contributed by atoms with E-state index in [2.05, 4.69) is 19.1 Å². The van der Waals surface area contributed by atoms with E-state index in [1.165, 1.54) is 11.6 Å². The molecule has 0 saturated carbocycles. The van der Waals surface area contributed by atoms with Crippen LogP contribution in [-0.4, -0.2) is 0 Å². The second-order valence-electron chi connectivity index (χ2n) is 4.93. The van der Waals surface area contributed by atoms with Crippen molar-refractivity contribution < 1.29 is 4.39 Å². The second kappa shape index (κ2) is 5.98. The molecule has 0 saturated heterocycles. The third-order valence-electron chi connectivity index (χ3n) is 3.59. The zero-order valence-electron chi connectivity index (χ0n) is 11.5. The first-order chi connectivity index (χ1) is 9.11. The van der Waals surface area contributed by atoms with Gasteiger partial charge in [-0.25, -0.2) is 4.39 Å². The molecule has 2 heteroatoms. The van der Waals surface area contributed by atoms with Crippen molar-refractivity contribution in [3.8, 4) is 0 Å². The van der Waals surface area contributed by atoms with Gasteiger partial charge in [-0.15, -0.1) is 0 Å². The lowest BCUT2D eigenvalue weighted by molar-refractivity contribution is 0.620. The van der Waals surface area contributed by atoms with Crippen LogP contribution in [0.25, 0.3) is 0 Å². The largest absolute Gasteiger partial charge is 0.324 e. The molecule has 0 radical (unpaired) electrons. The fourth-order valence-electron chi connectivity index (χ4n) is 2.42. The van der Waals surface area contributed by atoms with Gasteiger partial charge in [0.15, 0.2) is 0 Å². The highest BCUT2D eigenvalue weighted by atomic mass is 19.1. The number of benzene rings is 2. The van der Waals surface area contributed by atoms with Crippen molar-refractivity contribution in [2.24, 2.45) is 5.73 Å². The molecule has 2 rings (SSSR count). The molecule has 1 atom stereocenters. The van der Waals surface area contributed by atoms with Crippen molar-refractivity contribution in [1.82, 2.24) is 0 Å². The van der Waals surface area contributed by atoms with Crippen molar-refractivity contribution in [2.45, 2.75) is 32.7 Å². The molecule has 0 aliphatic rings. The Bertz CT molecular complexity index is 563. The predicted molar refractivity (Wildman–Crippen MR) is 77.6 cm³/mol. The van der Waals surface area contributed by atoms with Crippen LogP contribution in [-0.2, 0) is 12.8 Å². The molecule has 1 nitrogen and oxygen atoms in total. The normalized spacial score (nSPS) is 12.4. The van der Waals surface area contributed by atoms with E-state index in [-0.39, 0.29) is 11.9 Å². The van der Waals surface area contributed by atoms with Crippen LogP contribution in [0.2, 0.25) is 0 Å². The van der Waals surface area contributed by atoms with Crippen molar-refractivity contribution in [3.05, 3.63) is 70.5 Å². The predicted octanol–water partition coefficient (Wildman–Crippen LogP) is 3.94. The van der Waals surface area contributed by atoms with Gasteiger partial charge in [-0.2, -0.15) is 0 Å².